The average molecular weight is 251 g/mol. The molecular weight excluding hydrogens is 236 g/mol. The van der Waals surface area contributed by atoms with Crippen molar-refractivity contribution in [3.8, 4) is 0 Å². The van der Waals surface area contributed by atoms with Crippen molar-refractivity contribution in [1.29, 1.82) is 0 Å². The van der Waals surface area contributed by atoms with Crippen molar-refractivity contribution in [3.63, 3.8) is 0 Å². The molecule has 2 rings (SSSR count). The van der Waals surface area contributed by atoms with E-state index in [9.17, 15) is 9.59 Å². The molecule has 0 saturated heterocycles. The van der Waals surface area contributed by atoms with Gasteiger partial charge in [-0.25, -0.2) is 0 Å². The molecule has 1 unspecified atom stereocenters. The van der Waals surface area contributed by atoms with Crippen LogP contribution in [-0.4, -0.2) is 16.4 Å². The zero-order valence-electron chi connectivity index (χ0n) is 9.83. The monoisotopic (exact) mass is 250 g/mol. The number of alkyl halides is 1. The molecule has 0 aromatic heterocycles. The minimum atomic E-state index is -1.32. The first kappa shape index (κ1) is 12.3. The molecule has 1 aromatic carbocycles. The van der Waals surface area contributed by atoms with E-state index in [1.165, 1.54) is 0 Å². The summed E-state index contributed by atoms with van der Waals surface area (Å²) in [6.45, 7) is 1.92. The predicted molar refractivity (Wildman–Crippen MR) is 67.6 cm³/mol. The van der Waals surface area contributed by atoms with E-state index in [-0.39, 0.29) is 11.6 Å². The van der Waals surface area contributed by atoms with Gasteiger partial charge in [0.15, 0.2) is 16.4 Å². The van der Waals surface area contributed by atoms with Gasteiger partial charge in [0.25, 0.3) is 0 Å². The predicted octanol–water partition coefficient (Wildman–Crippen LogP) is 3.16. The van der Waals surface area contributed by atoms with Gasteiger partial charge in [0.1, 0.15) is 0 Å². The van der Waals surface area contributed by atoms with E-state index in [4.69, 9.17) is 11.6 Å². The van der Waals surface area contributed by atoms with Crippen LogP contribution >= 0.6 is 11.6 Å². The third-order valence-electron chi connectivity index (χ3n) is 3.28. The highest BCUT2D eigenvalue weighted by molar-refractivity contribution is 6.49. The number of Topliss-reactive ketones (excluding diaryl/α,β-unsaturated/α-hetero) is 2. The summed E-state index contributed by atoms with van der Waals surface area (Å²) in [5, 5.41) is 0. The number of rotatable bonds is 3. The molecule has 1 aromatic rings. The number of carbonyl (C=O) groups is 2. The van der Waals surface area contributed by atoms with E-state index in [1.807, 2.05) is 25.1 Å². The number of carbonyl (C=O) groups excluding carboxylic acids is 2. The van der Waals surface area contributed by atoms with Crippen molar-refractivity contribution in [2.45, 2.75) is 37.5 Å². The summed E-state index contributed by atoms with van der Waals surface area (Å²) in [5.41, 5.74) is 1.61. The Kier molecular flexibility index (Phi) is 3.34. The van der Waals surface area contributed by atoms with Gasteiger partial charge in [0.2, 0.25) is 0 Å². The van der Waals surface area contributed by atoms with Crippen LogP contribution in [0.25, 0.3) is 0 Å². The minimum absolute atomic E-state index is 0.138. The topological polar surface area (TPSA) is 34.1 Å². The van der Waals surface area contributed by atoms with Crippen LogP contribution in [0.2, 0.25) is 0 Å². The smallest absolute Gasteiger partial charge is 0.191 e. The molecule has 0 saturated carbocycles. The maximum absolute atomic E-state index is 12.3. The molecule has 1 aliphatic rings. The molecule has 0 heterocycles. The van der Waals surface area contributed by atoms with Gasteiger partial charge in [-0.3, -0.25) is 9.59 Å². The molecule has 0 bridgehead atoms. The molecule has 90 valence electrons. The van der Waals surface area contributed by atoms with Crippen molar-refractivity contribution < 1.29 is 9.59 Å². The second kappa shape index (κ2) is 4.61. The molecule has 1 aliphatic carbocycles. The van der Waals surface area contributed by atoms with Gasteiger partial charge in [0, 0.05) is 12.0 Å². The molecule has 17 heavy (non-hydrogen) atoms. The summed E-state index contributed by atoms with van der Waals surface area (Å²) in [6, 6.07) is 7.39. The van der Waals surface area contributed by atoms with Crippen molar-refractivity contribution in [3.05, 3.63) is 35.4 Å². The third-order valence-corrected chi connectivity index (χ3v) is 3.85. The Morgan fingerprint density at radius 3 is 2.82 bits per heavy atom. The highest BCUT2D eigenvalue weighted by Crippen LogP contribution is 2.35. The summed E-state index contributed by atoms with van der Waals surface area (Å²) in [7, 11) is 0. The van der Waals surface area contributed by atoms with Crippen LogP contribution < -0.4 is 0 Å². The summed E-state index contributed by atoms with van der Waals surface area (Å²) in [5.74, 6) is -0.361. The fraction of sp³-hybridized carbons (Fsp3) is 0.429. The molecule has 0 radical (unpaired) electrons. The number of benzene rings is 1. The molecule has 0 aliphatic heterocycles. The quantitative estimate of drug-likeness (QED) is 0.610. The summed E-state index contributed by atoms with van der Waals surface area (Å²) in [6.07, 6.45) is 2.21. The molecule has 0 amide bonds. The van der Waals surface area contributed by atoms with E-state index in [0.717, 1.165) is 12.0 Å². The van der Waals surface area contributed by atoms with Crippen LogP contribution in [0.15, 0.2) is 24.3 Å². The van der Waals surface area contributed by atoms with Gasteiger partial charge in [-0.2, -0.15) is 0 Å². The van der Waals surface area contributed by atoms with E-state index in [0.29, 0.717) is 24.8 Å². The van der Waals surface area contributed by atoms with E-state index >= 15 is 0 Å². The number of hydrogen-bond donors (Lipinski definition) is 0. The number of aryl methyl sites for hydroxylation is 1. The first-order valence-electron chi connectivity index (χ1n) is 5.94. The lowest BCUT2D eigenvalue weighted by Crippen LogP contribution is -2.44. The maximum atomic E-state index is 12.3. The van der Waals surface area contributed by atoms with E-state index in [1.54, 1.807) is 6.07 Å². The Morgan fingerprint density at radius 2 is 2.12 bits per heavy atom. The Morgan fingerprint density at radius 1 is 1.41 bits per heavy atom. The maximum Gasteiger partial charge on any atom is 0.191 e. The molecule has 0 fully saturated rings. The van der Waals surface area contributed by atoms with Gasteiger partial charge < -0.3 is 0 Å². The molecule has 0 spiro atoms. The van der Waals surface area contributed by atoms with Crippen LogP contribution in [0.4, 0.5) is 0 Å². The minimum Gasteiger partial charge on any atom is -0.297 e. The molecule has 1 atom stereocenters. The van der Waals surface area contributed by atoms with Gasteiger partial charge in [-0.1, -0.05) is 31.2 Å². The van der Waals surface area contributed by atoms with Gasteiger partial charge in [0.05, 0.1) is 0 Å². The van der Waals surface area contributed by atoms with Gasteiger partial charge in [-0.15, -0.1) is 11.6 Å². The SMILES string of the molecule is CCCC(=O)C1(Cl)CCc2ccccc2C1=O. The Balaban J connectivity index is 2.37. The zero-order chi connectivity index (χ0) is 12.5. The fourth-order valence-electron chi connectivity index (χ4n) is 2.28. The number of hydrogen-bond acceptors (Lipinski definition) is 2. The second-order valence-corrected chi connectivity index (χ2v) is 5.11. The van der Waals surface area contributed by atoms with E-state index < -0.39 is 4.87 Å². The Labute approximate surface area is 106 Å². The molecule has 2 nitrogen and oxygen atoms in total. The second-order valence-electron chi connectivity index (χ2n) is 4.46. The summed E-state index contributed by atoms with van der Waals surface area (Å²) >= 11 is 6.28. The van der Waals surface area contributed by atoms with Crippen molar-refractivity contribution in [2.75, 3.05) is 0 Å². The standard InChI is InChI=1S/C14H15ClO2/c1-2-5-12(16)14(15)9-8-10-6-3-4-7-11(10)13(14)17/h3-4,6-7H,2,5,8-9H2,1H3. The first-order valence-corrected chi connectivity index (χ1v) is 6.32. The number of halogens is 1. The number of ketones is 2. The Bertz CT molecular complexity index is 467. The van der Waals surface area contributed by atoms with Crippen molar-refractivity contribution >= 4 is 23.2 Å². The van der Waals surface area contributed by atoms with Crippen LogP contribution in [-0.2, 0) is 11.2 Å². The fourth-order valence-corrected chi connectivity index (χ4v) is 2.58. The van der Waals surface area contributed by atoms with Crippen molar-refractivity contribution in [2.24, 2.45) is 0 Å². The van der Waals surface area contributed by atoms with Gasteiger partial charge >= 0.3 is 0 Å². The van der Waals surface area contributed by atoms with Crippen molar-refractivity contribution in [1.82, 2.24) is 0 Å². The van der Waals surface area contributed by atoms with Crippen LogP contribution in [0, 0.1) is 0 Å². The lowest BCUT2D eigenvalue weighted by atomic mass is 9.79. The third kappa shape index (κ3) is 2.02. The van der Waals surface area contributed by atoms with Crippen LogP contribution in [0.3, 0.4) is 0 Å². The van der Waals surface area contributed by atoms with Crippen LogP contribution in [0.1, 0.15) is 42.1 Å². The average Bonchev–Trinajstić information content (AvgIpc) is 2.35. The highest BCUT2D eigenvalue weighted by atomic mass is 35.5. The van der Waals surface area contributed by atoms with Crippen LogP contribution in [0.5, 0.6) is 0 Å². The summed E-state index contributed by atoms with van der Waals surface area (Å²) in [4.78, 5) is 23.0. The zero-order valence-corrected chi connectivity index (χ0v) is 10.6. The highest BCUT2D eigenvalue weighted by Gasteiger charge is 2.45. The normalized spacial score (nSPS) is 23.3. The molecule has 0 N–H and O–H groups in total. The molecular formula is C14H15ClO2. The van der Waals surface area contributed by atoms with E-state index in [2.05, 4.69) is 0 Å². The summed E-state index contributed by atoms with van der Waals surface area (Å²) < 4.78 is 0. The van der Waals surface area contributed by atoms with Gasteiger partial charge in [-0.05, 0) is 24.8 Å². The molecule has 3 heteroatoms. The Hall–Kier alpha value is -1.15. The number of fused-ring (bicyclic) bond motifs is 1. The first-order chi connectivity index (χ1) is 8.09. The lowest BCUT2D eigenvalue weighted by molar-refractivity contribution is -0.120. The largest absolute Gasteiger partial charge is 0.297 e. The lowest BCUT2D eigenvalue weighted by Gasteiger charge is -2.29.